The first-order valence-corrected chi connectivity index (χ1v) is 5.03. The van der Waals surface area contributed by atoms with Gasteiger partial charge in [0.2, 0.25) is 0 Å². The van der Waals surface area contributed by atoms with Crippen molar-refractivity contribution >= 4 is 0 Å². The van der Waals surface area contributed by atoms with Gasteiger partial charge in [-0.1, -0.05) is 26.2 Å². The van der Waals surface area contributed by atoms with Gasteiger partial charge >= 0.3 is 0 Å². The van der Waals surface area contributed by atoms with Gasteiger partial charge in [0, 0.05) is 19.2 Å². The Labute approximate surface area is 80.5 Å². The average molecular weight is 187 g/mol. The fraction of sp³-hybridized carbons (Fsp3) is 0.800. The van der Waals surface area contributed by atoms with E-state index in [0.29, 0.717) is 12.3 Å². The van der Waals surface area contributed by atoms with Crippen molar-refractivity contribution in [2.45, 2.75) is 39.0 Å². The van der Waals surface area contributed by atoms with Crippen molar-refractivity contribution in [3.8, 4) is 0 Å². The van der Waals surface area contributed by atoms with E-state index in [1.807, 2.05) is 0 Å². The highest BCUT2D eigenvalue weighted by Crippen LogP contribution is 2.06. The van der Waals surface area contributed by atoms with Crippen molar-refractivity contribution in [1.82, 2.24) is 5.32 Å². The fourth-order valence-corrected chi connectivity index (χ4v) is 1.06. The van der Waals surface area contributed by atoms with Crippen molar-refractivity contribution in [3.63, 3.8) is 0 Å². The summed E-state index contributed by atoms with van der Waals surface area (Å²) in [5.41, 5.74) is 0. The molecule has 0 saturated carbocycles. The van der Waals surface area contributed by atoms with Crippen LogP contribution in [0.15, 0.2) is 12.0 Å². The van der Waals surface area contributed by atoms with Gasteiger partial charge in [-0.05, 0) is 6.42 Å². The van der Waals surface area contributed by atoms with Gasteiger partial charge in [0.15, 0.2) is 0 Å². The number of nitrogens with one attached hydrogen (secondary N) is 1. The van der Waals surface area contributed by atoms with Crippen LogP contribution in [0.2, 0.25) is 0 Å². The predicted molar refractivity (Wildman–Crippen MR) is 54.6 cm³/mol. The number of aliphatic hydroxyl groups is 2. The minimum absolute atomic E-state index is 0.0968. The number of aliphatic hydroxyl groups excluding tert-OH is 2. The van der Waals surface area contributed by atoms with E-state index < -0.39 is 0 Å². The van der Waals surface area contributed by atoms with E-state index in [9.17, 15) is 5.11 Å². The van der Waals surface area contributed by atoms with Gasteiger partial charge < -0.3 is 15.5 Å². The largest absolute Gasteiger partial charge is 0.511 e. The lowest BCUT2D eigenvalue weighted by Gasteiger charge is -2.01. The topological polar surface area (TPSA) is 52.5 Å². The average Bonchev–Trinajstić information content (AvgIpc) is 2.13. The van der Waals surface area contributed by atoms with Crippen molar-refractivity contribution in [3.05, 3.63) is 12.0 Å². The summed E-state index contributed by atoms with van der Waals surface area (Å²) in [4.78, 5) is 0. The summed E-state index contributed by atoms with van der Waals surface area (Å²) < 4.78 is 0. The lowest BCUT2D eigenvalue weighted by atomic mass is 10.1. The second-order valence-corrected chi connectivity index (χ2v) is 3.12. The van der Waals surface area contributed by atoms with Gasteiger partial charge in [-0.2, -0.15) is 0 Å². The first-order valence-electron chi connectivity index (χ1n) is 5.03. The Morgan fingerprint density at radius 3 is 2.69 bits per heavy atom. The van der Waals surface area contributed by atoms with Gasteiger partial charge in [0.05, 0.1) is 6.61 Å². The zero-order valence-corrected chi connectivity index (χ0v) is 8.42. The molecule has 0 fully saturated rings. The molecular formula is C10H21NO2. The minimum Gasteiger partial charge on any atom is -0.511 e. The summed E-state index contributed by atoms with van der Waals surface area (Å²) in [5, 5.41) is 20.6. The molecule has 0 aromatic rings. The van der Waals surface area contributed by atoms with Crippen LogP contribution in [0, 0.1) is 0 Å². The van der Waals surface area contributed by atoms with Crippen LogP contribution < -0.4 is 5.32 Å². The molecule has 0 rings (SSSR count). The number of hydrogen-bond donors (Lipinski definition) is 3. The molecule has 78 valence electrons. The Balaban J connectivity index is 3.27. The molecule has 0 aliphatic heterocycles. The lowest BCUT2D eigenvalue weighted by Crippen LogP contribution is -2.11. The third-order valence-electron chi connectivity index (χ3n) is 1.81. The Morgan fingerprint density at radius 1 is 1.31 bits per heavy atom. The molecular weight excluding hydrogens is 166 g/mol. The molecule has 0 aliphatic carbocycles. The second kappa shape index (κ2) is 9.39. The fourth-order valence-electron chi connectivity index (χ4n) is 1.06. The monoisotopic (exact) mass is 187 g/mol. The third-order valence-corrected chi connectivity index (χ3v) is 1.81. The van der Waals surface area contributed by atoms with Gasteiger partial charge in [-0.25, -0.2) is 0 Å². The molecule has 0 bridgehead atoms. The molecule has 3 nitrogen and oxygen atoms in total. The predicted octanol–water partition coefficient (Wildman–Crippen LogP) is 1.94. The number of allylic oxidation sites excluding steroid dienone is 1. The maximum Gasteiger partial charge on any atom is 0.108 e. The minimum atomic E-state index is 0.0968. The second-order valence-electron chi connectivity index (χ2n) is 3.12. The first-order chi connectivity index (χ1) is 6.31. The zero-order chi connectivity index (χ0) is 9.94. The normalized spacial score (nSPS) is 11.7. The molecule has 0 spiro atoms. The number of rotatable bonds is 8. The van der Waals surface area contributed by atoms with Crippen molar-refractivity contribution < 1.29 is 10.2 Å². The van der Waals surface area contributed by atoms with Crippen LogP contribution in [0.3, 0.4) is 0 Å². The summed E-state index contributed by atoms with van der Waals surface area (Å²) in [5.74, 6) is 0.379. The zero-order valence-electron chi connectivity index (χ0n) is 8.42. The van der Waals surface area contributed by atoms with Gasteiger partial charge in [0.25, 0.3) is 0 Å². The smallest absolute Gasteiger partial charge is 0.108 e. The van der Waals surface area contributed by atoms with E-state index in [4.69, 9.17) is 5.11 Å². The van der Waals surface area contributed by atoms with Gasteiger partial charge in [-0.3, -0.25) is 0 Å². The van der Waals surface area contributed by atoms with E-state index in [0.717, 1.165) is 12.8 Å². The Morgan fingerprint density at radius 2 is 2.08 bits per heavy atom. The van der Waals surface area contributed by atoms with Crippen LogP contribution in [0.4, 0.5) is 0 Å². The molecule has 3 N–H and O–H groups in total. The summed E-state index contributed by atoms with van der Waals surface area (Å²) in [7, 11) is 0. The van der Waals surface area contributed by atoms with Crippen LogP contribution in [0.25, 0.3) is 0 Å². The summed E-state index contributed by atoms with van der Waals surface area (Å²) in [6, 6.07) is 0. The molecule has 3 heteroatoms. The van der Waals surface area contributed by atoms with E-state index in [-0.39, 0.29) is 6.61 Å². The molecule has 0 saturated heterocycles. The maximum atomic E-state index is 9.29. The Bertz CT molecular complexity index is 135. The highest BCUT2D eigenvalue weighted by atomic mass is 16.3. The molecule has 0 aliphatic rings. The quantitative estimate of drug-likeness (QED) is 0.402. The van der Waals surface area contributed by atoms with Crippen LogP contribution in [0.1, 0.15) is 39.0 Å². The van der Waals surface area contributed by atoms with Crippen molar-refractivity contribution in [1.29, 1.82) is 0 Å². The molecule has 0 aromatic carbocycles. The van der Waals surface area contributed by atoms with Crippen molar-refractivity contribution in [2.24, 2.45) is 0 Å². The summed E-state index contributed by atoms with van der Waals surface area (Å²) in [6.45, 7) is 2.76. The third kappa shape index (κ3) is 9.21. The lowest BCUT2D eigenvalue weighted by molar-refractivity contribution is 0.297. The van der Waals surface area contributed by atoms with Crippen LogP contribution in [-0.4, -0.2) is 23.4 Å². The summed E-state index contributed by atoms with van der Waals surface area (Å²) in [6.07, 6.45) is 6.97. The number of hydrogen-bond acceptors (Lipinski definition) is 3. The van der Waals surface area contributed by atoms with E-state index in [1.54, 1.807) is 6.20 Å². The van der Waals surface area contributed by atoms with E-state index in [2.05, 4.69) is 12.2 Å². The van der Waals surface area contributed by atoms with Crippen LogP contribution in [0.5, 0.6) is 0 Å². The standard InChI is InChI=1S/C10H21NO2/c1-2-3-4-5-6-10(13)9-11-7-8-12/h9,11-13H,2-8H2,1H3/b10-9-. The highest BCUT2D eigenvalue weighted by Gasteiger charge is 1.92. The maximum absolute atomic E-state index is 9.29. The van der Waals surface area contributed by atoms with E-state index >= 15 is 0 Å². The Kier molecular flexibility index (Phi) is 8.88. The molecule has 0 heterocycles. The first kappa shape index (κ1) is 12.3. The number of unbranched alkanes of at least 4 members (excludes halogenated alkanes) is 3. The highest BCUT2D eigenvalue weighted by molar-refractivity contribution is 4.88. The molecule has 0 unspecified atom stereocenters. The van der Waals surface area contributed by atoms with Gasteiger partial charge in [-0.15, -0.1) is 0 Å². The van der Waals surface area contributed by atoms with Crippen LogP contribution in [-0.2, 0) is 0 Å². The Hall–Kier alpha value is -0.700. The molecule has 0 radical (unpaired) electrons. The molecule has 0 atom stereocenters. The van der Waals surface area contributed by atoms with Crippen LogP contribution >= 0.6 is 0 Å². The van der Waals surface area contributed by atoms with Crippen molar-refractivity contribution in [2.75, 3.05) is 13.2 Å². The van der Waals surface area contributed by atoms with E-state index in [1.165, 1.54) is 19.3 Å². The van der Waals surface area contributed by atoms with Gasteiger partial charge in [0.1, 0.15) is 5.76 Å². The molecule has 13 heavy (non-hydrogen) atoms. The molecule has 0 aromatic heterocycles. The summed E-state index contributed by atoms with van der Waals surface area (Å²) >= 11 is 0. The molecule has 0 amide bonds. The SMILES string of the molecule is CCCCCC/C(O)=C/NCCO.